The van der Waals surface area contributed by atoms with E-state index in [1.165, 1.54) is 18.6 Å². The summed E-state index contributed by atoms with van der Waals surface area (Å²) >= 11 is 0. The van der Waals surface area contributed by atoms with E-state index in [4.69, 9.17) is 0 Å². The first-order valence-corrected chi connectivity index (χ1v) is 11.2. The standard InChI is InChI=1S/C25H32FN3O2/c1-2-20-8-6-7-11-23(20)28-24(30)16-27-25(31)18-29(22-9-4-3-5-10-22)17-19-12-14-21(26)15-13-19/h6-8,11-15,22H,2-5,9-10,16-18H2,1H3,(H,27,31)(H,28,30). The summed E-state index contributed by atoms with van der Waals surface area (Å²) in [6.45, 7) is 2.79. The normalized spacial score (nSPS) is 14.4. The number of benzene rings is 2. The van der Waals surface area contributed by atoms with Crippen molar-refractivity contribution in [2.45, 2.75) is 58.0 Å². The summed E-state index contributed by atoms with van der Waals surface area (Å²) in [6.07, 6.45) is 6.48. The Kier molecular flexibility index (Phi) is 8.59. The number of hydrogen-bond donors (Lipinski definition) is 2. The van der Waals surface area contributed by atoms with E-state index < -0.39 is 0 Å². The summed E-state index contributed by atoms with van der Waals surface area (Å²) in [7, 11) is 0. The van der Waals surface area contributed by atoms with Gasteiger partial charge in [0.25, 0.3) is 0 Å². The number of nitrogens with one attached hydrogen (secondary N) is 2. The van der Waals surface area contributed by atoms with Gasteiger partial charge in [-0.3, -0.25) is 14.5 Å². The van der Waals surface area contributed by atoms with Crippen LogP contribution in [0, 0.1) is 5.82 Å². The maximum Gasteiger partial charge on any atom is 0.243 e. The van der Waals surface area contributed by atoms with Gasteiger partial charge in [-0.05, 0) is 48.6 Å². The number of hydrogen-bond acceptors (Lipinski definition) is 3. The lowest BCUT2D eigenvalue weighted by atomic mass is 9.93. The van der Waals surface area contributed by atoms with Gasteiger partial charge in [0.1, 0.15) is 5.82 Å². The van der Waals surface area contributed by atoms with E-state index in [-0.39, 0.29) is 30.7 Å². The van der Waals surface area contributed by atoms with Gasteiger partial charge >= 0.3 is 0 Å². The molecule has 0 radical (unpaired) electrons. The van der Waals surface area contributed by atoms with Gasteiger partial charge < -0.3 is 10.6 Å². The van der Waals surface area contributed by atoms with Crippen molar-refractivity contribution in [3.05, 3.63) is 65.5 Å². The summed E-state index contributed by atoms with van der Waals surface area (Å²) in [5.74, 6) is -0.676. The van der Waals surface area contributed by atoms with Crippen LogP contribution in [-0.2, 0) is 22.6 Å². The first kappa shape index (κ1) is 22.9. The van der Waals surface area contributed by atoms with E-state index in [2.05, 4.69) is 15.5 Å². The number of carbonyl (C=O) groups excluding carboxylic acids is 2. The van der Waals surface area contributed by atoms with Crippen LogP contribution < -0.4 is 10.6 Å². The second kappa shape index (κ2) is 11.6. The smallest absolute Gasteiger partial charge is 0.243 e. The van der Waals surface area contributed by atoms with Crippen LogP contribution in [0.3, 0.4) is 0 Å². The number of nitrogens with zero attached hydrogens (tertiary/aromatic N) is 1. The zero-order valence-electron chi connectivity index (χ0n) is 18.2. The number of halogens is 1. The van der Waals surface area contributed by atoms with E-state index in [1.807, 2.05) is 31.2 Å². The molecule has 0 aliphatic heterocycles. The third-order valence-electron chi connectivity index (χ3n) is 5.86. The predicted molar refractivity (Wildman–Crippen MR) is 121 cm³/mol. The van der Waals surface area contributed by atoms with E-state index >= 15 is 0 Å². The zero-order valence-corrected chi connectivity index (χ0v) is 18.2. The Hall–Kier alpha value is -2.73. The van der Waals surface area contributed by atoms with Crippen molar-refractivity contribution in [2.24, 2.45) is 0 Å². The minimum Gasteiger partial charge on any atom is -0.346 e. The highest BCUT2D eigenvalue weighted by atomic mass is 19.1. The summed E-state index contributed by atoms with van der Waals surface area (Å²) < 4.78 is 13.3. The molecule has 2 amide bonds. The first-order valence-electron chi connectivity index (χ1n) is 11.2. The second-order valence-electron chi connectivity index (χ2n) is 8.16. The fourth-order valence-electron chi connectivity index (χ4n) is 4.15. The highest BCUT2D eigenvalue weighted by molar-refractivity contribution is 5.95. The molecule has 0 heterocycles. The van der Waals surface area contributed by atoms with Gasteiger partial charge in [-0.2, -0.15) is 0 Å². The molecule has 166 valence electrons. The number of amides is 2. The molecule has 0 spiro atoms. The van der Waals surface area contributed by atoms with Gasteiger partial charge in [0.2, 0.25) is 11.8 Å². The first-order chi connectivity index (χ1) is 15.0. The van der Waals surface area contributed by atoms with Crippen molar-refractivity contribution in [1.29, 1.82) is 0 Å². The molecule has 31 heavy (non-hydrogen) atoms. The molecule has 0 aromatic heterocycles. The monoisotopic (exact) mass is 425 g/mol. The lowest BCUT2D eigenvalue weighted by molar-refractivity contribution is -0.125. The van der Waals surface area contributed by atoms with Crippen LogP contribution in [0.5, 0.6) is 0 Å². The molecule has 2 N–H and O–H groups in total. The Morgan fingerprint density at radius 2 is 1.71 bits per heavy atom. The Morgan fingerprint density at radius 3 is 2.42 bits per heavy atom. The average molecular weight is 426 g/mol. The molecule has 2 aromatic rings. The quantitative estimate of drug-likeness (QED) is 0.631. The third kappa shape index (κ3) is 7.17. The van der Waals surface area contributed by atoms with Crippen molar-refractivity contribution in [2.75, 3.05) is 18.4 Å². The topological polar surface area (TPSA) is 61.4 Å². The molecule has 5 nitrogen and oxygen atoms in total. The van der Waals surface area contributed by atoms with E-state index in [0.29, 0.717) is 12.6 Å². The number of para-hydroxylation sites is 1. The SMILES string of the molecule is CCc1ccccc1NC(=O)CNC(=O)CN(Cc1ccc(F)cc1)C1CCCCC1. The summed E-state index contributed by atoms with van der Waals surface area (Å²) in [6, 6.07) is 14.4. The van der Waals surface area contributed by atoms with Gasteiger partial charge in [-0.15, -0.1) is 0 Å². The third-order valence-corrected chi connectivity index (χ3v) is 5.86. The Balaban J connectivity index is 1.55. The van der Waals surface area contributed by atoms with Crippen molar-refractivity contribution < 1.29 is 14.0 Å². The summed E-state index contributed by atoms with van der Waals surface area (Å²) in [5.41, 5.74) is 2.82. The predicted octanol–water partition coefficient (Wildman–Crippen LogP) is 4.28. The van der Waals surface area contributed by atoms with Gasteiger partial charge in [-0.1, -0.05) is 56.5 Å². The van der Waals surface area contributed by atoms with E-state index in [9.17, 15) is 14.0 Å². The molecule has 0 unspecified atom stereocenters. The molecule has 2 aromatic carbocycles. The number of rotatable bonds is 9. The molecule has 1 aliphatic rings. The molecular weight excluding hydrogens is 393 g/mol. The number of aryl methyl sites for hydroxylation is 1. The molecule has 0 bridgehead atoms. The van der Waals surface area contributed by atoms with Crippen molar-refractivity contribution >= 4 is 17.5 Å². The summed E-state index contributed by atoms with van der Waals surface area (Å²) in [4.78, 5) is 27.1. The van der Waals surface area contributed by atoms with Gasteiger partial charge in [0, 0.05) is 18.3 Å². The van der Waals surface area contributed by atoms with E-state index in [1.54, 1.807) is 12.1 Å². The van der Waals surface area contributed by atoms with Crippen molar-refractivity contribution in [3.8, 4) is 0 Å². The minimum atomic E-state index is -0.263. The lowest BCUT2D eigenvalue weighted by Crippen LogP contribution is -2.44. The maximum atomic E-state index is 13.3. The Labute approximate surface area is 184 Å². The molecule has 1 aliphatic carbocycles. The van der Waals surface area contributed by atoms with Crippen LogP contribution in [-0.4, -0.2) is 35.8 Å². The highest BCUT2D eigenvalue weighted by Gasteiger charge is 2.23. The van der Waals surface area contributed by atoms with Gasteiger partial charge in [0.15, 0.2) is 0 Å². The molecule has 1 fully saturated rings. The average Bonchev–Trinajstić information content (AvgIpc) is 2.79. The van der Waals surface area contributed by atoms with Crippen LogP contribution in [0.2, 0.25) is 0 Å². The molecule has 0 saturated heterocycles. The zero-order chi connectivity index (χ0) is 22.1. The fourth-order valence-corrected chi connectivity index (χ4v) is 4.15. The van der Waals surface area contributed by atoms with Crippen LogP contribution in [0.15, 0.2) is 48.5 Å². The van der Waals surface area contributed by atoms with Gasteiger partial charge in [0.05, 0.1) is 13.1 Å². The van der Waals surface area contributed by atoms with Crippen LogP contribution in [0.1, 0.15) is 50.2 Å². The van der Waals surface area contributed by atoms with Crippen molar-refractivity contribution in [1.82, 2.24) is 10.2 Å². The molecule has 3 rings (SSSR count). The maximum absolute atomic E-state index is 13.3. The lowest BCUT2D eigenvalue weighted by Gasteiger charge is -2.34. The fraction of sp³-hybridized carbons (Fsp3) is 0.440. The van der Waals surface area contributed by atoms with Crippen molar-refractivity contribution in [3.63, 3.8) is 0 Å². The molecule has 1 saturated carbocycles. The van der Waals surface area contributed by atoms with E-state index in [0.717, 1.165) is 48.9 Å². The highest BCUT2D eigenvalue weighted by Crippen LogP contribution is 2.24. The number of anilines is 1. The molecule has 0 atom stereocenters. The Bertz CT molecular complexity index is 863. The largest absolute Gasteiger partial charge is 0.346 e. The summed E-state index contributed by atoms with van der Waals surface area (Å²) in [5, 5.41) is 5.63. The second-order valence-corrected chi connectivity index (χ2v) is 8.16. The molecular formula is C25H32FN3O2. The van der Waals surface area contributed by atoms with Gasteiger partial charge in [-0.25, -0.2) is 4.39 Å². The van der Waals surface area contributed by atoms with Crippen LogP contribution in [0.4, 0.5) is 10.1 Å². The Morgan fingerprint density at radius 1 is 1.00 bits per heavy atom. The minimum absolute atomic E-state index is 0.0636. The van der Waals surface area contributed by atoms with Crippen LogP contribution in [0.25, 0.3) is 0 Å². The number of carbonyl (C=O) groups is 2. The molecule has 6 heteroatoms. The van der Waals surface area contributed by atoms with Crippen LogP contribution >= 0.6 is 0 Å².